The molecule has 32 heavy (non-hydrogen) atoms. The van der Waals surface area contributed by atoms with E-state index < -0.39 is 0 Å². The second-order valence-electron chi connectivity index (χ2n) is 7.58. The molecule has 4 rings (SSSR count). The van der Waals surface area contributed by atoms with Crippen molar-refractivity contribution in [1.29, 1.82) is 0 Å². The van der Waals surface area contributed by atoms with Crippen molar-refractivity contribution in [2.24, 2.45) is 0 Å². The van der Waals surface area contributed by atoms with Gasteiger partial charge in [0.2, 0.25) is 5.91 Å². The molecule has 0 fully saturated rings. The van der Waals surface area contributed by atoms with E-state index in [-0.39, 0.29) is 17.2 Å². The van der Waals surface area contributed by atoms with Crippen LogP contribution in [0.5, 0.6) is 0 Å². The van der Waals surface area contributed by atoms with Gasteiger partial charge in [0.25, 0.3) is 0 Å². The van der Waals surface area contributed by atoms with Crippen LogP contribution in [0.2, 0.25) is 5.02 Å². The van der Waals surface area contributed by atoms with Crippen molar-refractivity contribution in [3.8, 4) is 16.9 Å². The molecule has 0 saturated carbocycles. The van der Waals surface area contributed by atoms with E-state index in [0.717, 1.165) is 39.5 Å². The van der Waals surface area contributed by atoms with Crippen LogP contribution in [0.4, 0.5) is 0 Å². The van der Waals surface area contributed by atoms with Crippen molar-refractivity contribution in [3.63, 3.8) is 0 Å². The van der Waals surface area contributed by atoms with Gasteiger partial charge in [0, 0.05) is 60.0 Å². The number of hydrogen-bond donors (Lipinski definition) is 0. The summed E-state index contributed by atoms with van der Waals surface area (Å²) in [6, 6.07) is 17.4. The predicted molar refractivity (Wildman–Crippen MR) is 128 cm³/mol. The molecule has 0 aliphatic carbocycles. The van der Waals surface area contributed by atoms with E-state index in [4.69, 9.17) is 16.7 Å². The highest BCUT2D eigenvalue weighted by Crippen LogP contribution is 2.26. The highest BCUT2D eigenvalue weighted by molar-refractivity contribution is 7.07. The van der Waals surface area contributed by atoms with Gasteiger partial charge in [-0.3, -0.25) is 9.59 Å². The lowest BCUT2D eigenvalue weighted by atomic mass is 10.1. The van der Waals surface area contributed by atoms with E-state index in [0.29, 0.717) is 18.1 Å². The summed E-state index contributed by atoms with van der Waals surface area (Å²) in [6.45, 7) is 2.66. The molecular weight excluding hydrogens is 444 g/mol. The molecule has 0 aliphatic heterocycles. The molecule has 2 aromatic carbocycles. The van der Waals surface area contributed by atoms with E-state index >= 15 is 0 Å². The monoisotopic (exact) mass is 466 g/mol. The summed E-state index contributed by atoms with van der Waals surface area (Å²) in [4.78, 5) is 26.4. The number of halogens is 1. The molecule has 2 heterocycles. The summed E-state index contributed by atoms with van der Waals surface area (Å²) in [7, 11) is 1.77. The number of carbonyl (C=O) groups excluding carboxylic acids is 1. The Kier molecular flexibility index (Phi) is 6.58. The van der Waals surface area contributed by atoms with Gasteiger partial charge in [0.05, 0.1) is 11.4 Å². The van der Waals surface area contributed by atoms with Crippen LogP contribution in [-0.4, -0.2) is 32.2 Å². The van der Waals surface area contributed by atoms with Gasteiger partial charge in [-0.05, 0) is 31.2 Å². The van der Waals surface area contributed by atoms with Crippen LogP contribution in [0, 0.1) is 6.92 Å². The van der Waals surface area contributed by atoms with Crippen LogP contribution in [0.15, 0.2) is 71.0 Å². The molecule has 2 aromatic heterocycles. The maximum Gasteiger partial charge on any atom is 0.307 e. The number of benzene rings is 2. The van der Waals surface area contributed by atoms with Gasteiger partial charge < -0.3 is 9.47 Å². The molecule has 0 aliphatic rings. The normalized spacial score (nSPS) is 11.0. The number of aromatic nitrogens is 3. The fourth-order valence-electron chi connectivity index (χ4n) is 3.51. The van der Waals surface area contributed by atoms with Crippen molar-refractivity contribution >= 4 is 28.8 Å². The van der Waals surface area contributed by atoms with Crippen molar-refractivity contribution in [1.82, 2.24) is 19.2 Å². The summed E-state index contributed by atoms with van der Waals surface area (Å²) in [5.74, 6) is -0.0305. The van der Waals surface area contributed by atoms with Crippen molar-refractivity contribution in [2.75, 3.05) is 7.05 Å². The maximum atomic E-state index is 12.8. The average molecular weight is 467 g/mol. The Morgan fingerprint density at radius 3 is 2.50 bits per heavy atom. The molecule has 1 amide bonds. The van der Waals surface area contributed by atoms with Gasteiger partial charge in [-0.15, -0.1) is 0 Å². The minimum atomic E-state index is -0.0351. The van der Waals surface area contributed by atoms with Crippen LogP contribution in [0.1, 0.15) is 17.7 Å². The van der Waals surface area contributed by atoms with Gasteiger partial charge >= 0.3 is 4.87 Å². The largest absolute Gasteiger partial charge is 0.341 e. The number of thiazole rings is 1. The first kappa shape index (κ1) is 22.0. The van der Waals surface area contributed by atoms with E-state index in [1.54, 1.807) is 16.5 Å². The van der Waals surface area contributed by atoms with Gasteiger partial charge in [-0.1, -0.05) is 53.3 Å². The SMILES string of the molecule is Cc1csc(=O)n1CCC(=O)N(C)Cc1cn(-c2ccccc2)nc1-c1ccc(Cl)cc1. The van der Waals surface area contributed by atoms with Crippen LogP contribution >= 0.6 is 22.9 Å². The second kappa shape index (κ2) is 9.54. The van der Waals surface area contributed by atoms with Crippen molar-refractivity contribution in [3.05, 3.63) is 92.1 Å². The lowest BCUT2D eigenvalue weighted by Gasteiger charge is -2.17. The highest BCUT2D eigenvalue weighted by Gasteiger charge is 2.17. The van der Waals surface area contributed by atoms with Crippen LogP contribution in [-0.2, 0) is 17.9 Å². The smallest absolute Gasteiger partial charge is 0.307 e. The van der Waals surface area contributed by atoms with E-state index in [1.807, 2.05) is 77.8 Å². The lowest BCUT2D eigenvalue weighted by Crippen LogP contribution is -2.28. The quantitative estimate of drug-likeness (QED) is 0.394. The number of aryl methyl sites for hydroxylation is 1. The molecule has 0 spiro atoms. The van der Waals surface area contributed by atoms with Gasteiger partial charge in [0.15, 0.2) is 0 Å². The molecule has 8 heteroatoms. The summed E-state index contributed by atoms with van der Waals surface area (Å²) in [5.41, 5.74) is 4.48. The third-order valence-corrected chi connectivity index (χ3v) is 6.42. The van der Waals surface area contributed by atoms with E-state index in [2.05, 4.69) is 0 Å². The maximum absolute atomic E-state index is 12.8. The molecule has 0 saturated heterocycles. The minimum Gasteiger partial charge on any atom is -0.341 e. The molecule has 0 radical (unpaired) electrons. The molecule has 6 nitrogen and oxygen atoms in total. The first-order chi connectivity index (χ1) is 15.4. The summed E-state index contributed by atoms with van der Waals surface area (Å²) in [6.07, 6.45) is 2.22. The Labute approximate surface area is 195 Å². The molecule has 4 aromatic rings. The number of carbonyl (C=O) groups is 1. The van der Waals surface area contributed by atoms with E-state index in [1.165, 1.54) is 0 Å². The molecule has 0 atom stereocenters. The standard InChI is InChI=1S/C24H23ClN4O2S/c1-17-16-32-24(31)28(17)13-12-22(30)27(2)14-19-15-29(21-6-4-3-5-7-21)26-23(19)18-8-10-20(25)11-9-18/h3-11,15-16H,12-14H2,1-2H3. The Bertz CT molecular complexity index is 1280. The fourth-order valence-corrected chi connectivity index (χ4v) is 4.39. The Morgan fingerprint density at radius 2 is 1.84 bits per heavy atom. The minimum absolute atomic E-state index is 0.0305. The topological polar surface area (TPSA) is 60.1 Å². The summed E-state index contributed by atoms with van der Waals surface area (Å²) in [5, 5.41) is 7.26. The second-order valence-corrected chi connectivity index (χ2v) is 8.84. The van der Waals surface area contributed by atoms with Crippen LogP contribution < -0.4 is 4.87 Å². The van der Waals surface area contributed by atoms with Gasteiger partial charge in [-0.2, -0.15) is 5.10 Å². The first-order valence-corrected chi connectivity index (χ1v) is 11.5. The van der Waals surface area contributed by atoms with Gasteiger partial charge in [0.1, 0.15) is 0 Å². The average Bonchev–Trinajstić information content (AvgIpc) is 3.36. The zero-order valence-electron chi connectivity index (χ0n) is 17.9. The Hall–Kier alpha value is -3.16. The van der Waals surface area contributed by atoms with Crippen LogP contribution in [0.3, 0.4) is 0 Å². The molecule has 0 bridgehead atoms. The summed E-state index contributed by atoms with van der Waals surface area (Å²) < 4.78 is 3.47. The number of para-hydroxylation sites is 1. The zero-order valence-corrected chi connectivity index (χ0v) is 19.4. The number of nitrogens with zero attached hydrogens (tertiary/aromatic N) is 4. The third kappa shape index (κ3) is 4.84. The fraction of sp³-hybridized carbons (Fsp3) is 0.208. The third-order valence-electron chi connectivity index (χ3n) is 5.29. The molecule has 164 valence electrons. The van der Waals surface area contributed by atoms with Crippen molar-refractivity contribution < 1.29 is 4.79 Å². The van der Waals surface area contributed by atoms with E-state index in [9.17, 15) is 9.59 Å². The van der Waals surface area contributed by atoms with Gasteiger partial charge in [-0.25, -0.2) is 4.68 Å². The zero-order chi connectivity index (χ0) is 22.7. The first-order valence-electron chi connectivity index (χ1n) is 10.2. The Balaban J connectivity index is 1.57. The summed E-state index contributed by atoms with van der Waals surface area (Å²) >= 11 is 7.22. The molecule has 0 N–H and O–H groups in total. The Morgan fingerprint density at radius 1 is 1.12 bits per heavy atom. The lowest BCUT2D eigenvalue weighted by molar-refractivity contribution is -0.130. The van der Waals surface area contributed by atoms with Crippen LogP contribution in [0.25, 0.3) is 16.9 Å². The van der Waals surface area contributed by atoms with Crippen molar-refractivity contribution in [2.45, 2.75) is 26.4 Å². The molecular formula is C24H23ClN4O2S. The predicted octanol–water partition coefficient (Wildman–Crippen LogP) is 4.77. The molecule has 0 unspecified atom stereocenters. The number of amides is 1. The highest BCUT2D eigenvalue weighted by atomic mass is 35.5. The number of rotatable bonds is 7. The number of hydrogen-bond acceptors (Lipinski definition) is 4.